The second-order valence-electron chi connectivity index (χ2n) is 3.79. The summed E-state index contributed by atoms with van der Waals surface area (Å²) in [6.45, 7) is 1.97. The van der Waals surface area contributed by atoms with Crippen LogP contribution in [-0.4, -0.2) is 4.92 Å². The van der Waals surface area contributed by atoms with Crippen molar-refractivity contribution in [1.29, 1.82) is 0 Å². The molecule has 0 aliphatic carbocycles. The Hall–Kier alpha value is -1.88. The van der Waals surface area contributed by atoms with E-state index in [0.29, 0.717) is 11.5 Å². The van der Waals surface area contributed by atoms with E-state index in [2.05, 4.69) is 15.9 Å². The molecule has 0 bridgehead atoms. The second kappa shape index (κ2) is 5.18. The predicted octanol–water partition coefficient (Wildman–Crippen LogP) is 4.46. The van der Waals surface area contributed by atoms with Crippen LogP contribution in [0.5, 0.6) is 11.5 Å². The summed E-state index contributed by atoms with van der Waals surface area (Å²) in [5.41, 5.74) is 1.13. The van der Waals surface area contributed by atoms with Crippen molar-refractivity contribution >= 4 is 21.6 Å². The maximum atomic E-state index is 10.5. The second-order valence-corrected chi connectivity index (χ2v) is 4.64. The smallest absolute Gasteiger partial charge is 0.269 e. The molecule has 4 nitrogen and oxygen atoms in total. The Labute approximate surface area is 112 Å². The molecule has 0 radical (unpaired) electrons. The van der Waals surface area contributed by atoms with Crippen LogP contribution in [0.25, 0.3) is 0 Å². The summed E-state index contributed by atoms with van der Waals surface area (Å²) >= 11 is 3.39. The van der Waals surface area contributed by atoms with Gasteiger partial charge < -0.3 is 4.74 Å². The topological polar surface area (TPSA) is 52.4 Å². The lowest BCUT2D eigenvalue weighted by atomic mass is 10.2. The molecule has 0 spiro atoms. The van der Waals surface area contributed by atoms with Crippen LogP contribution in [-0.2, 0) is 0 Å². The van der Waals surface area contributed by atoms with Crippen LogP contribution in [0, 0.1) is 17.0 Å². The fraction of sp³-hybridized carbons (Fsp3) is 0.0769. The normalized spacial score (nSPS) is 10.1. The van der Waals surface area contributed by atoms with Gasteiger partial charge in [-0.05, 0) is 52.7 Å². The van der Waals surface area contributed by atoms with Gasteiger partial charge in [0.25, 0.3) is 5.69 Å². The number of nitro groups is 1. The number of rotatable bonds is 3. The zero-order valence-electron chi connectivity index (χ0n) is 9.59. The van der Waals surface area contributed by atoms with E-state index in [-0.39, 0.29) is 5.69 Å². The average molecular weight is 308 g/mol. The molecule has 0 unspecified atom stereocenters. The Morgan fingerprint density at radius 3 is 2.44 bits per heavy atom. The van der Waals surface area contributed by atoms with Crippen LogP contribution in [0.1, 0.15) is 5.56 Å². The van der Waals surface area contributed by atoms with Gasteiger partial charge in [-0.1, -0.05) is 6.07 Å². The van der Waals surface area contributed by atoms with Crippen LogP contribution >= 0.6 is 15.9 Å². The van der Waals surface area contributed by atoms with Crippen LogP contribution in [0.15, 0.2) is 46.9 Å². The third-order valence-corrected chi connectivity index (χ3v) is 3.02. The van der Waals surface area contributed by atoms with Gasteiger partial charge >= 0.3 is 0 Å². The monoisotopic (exact) mass is 307 g/mol. The van der Waals surface area contributed by atoms with E-state index in [4.69, 9.17) is 4.74 Å². The molecule has 0 atom stereocenters. The molecule has 0 aliphatic heterocycles. The fourth-order valence-electron chi connectivity index (χ4n) is 1.45. The minimum atomic E-state index is -0.438. The highest BCUT2D eigenvalue weighted by Crippen LogP contribution is 2.31. The lowest BCUT2D eigenvalue weighted by molar-refractivity contribution is -0.384. The number of aryl methyl sites for hydroxylation is 1. The SMILES string of the molecule is Cc1ccc(Br)c(Oc2ccc([N+](=O)[O-])cc2)c1. The summed E-state index contributed by atoms with van der Waals surface area (Å²) in [5, 5.41) is 10.5. The van der Waals surface area contributed by atoms with Crippen LogP contribution in [0.2, 0.25) is 0 Å². The van der Waals surface area contributed by atoms with Gasteiger partial charge in [-0.2, -0.15) is 0 Å². The molecular formula is C13H10BrNO3. The molecule has 0 saturated carbocycles. The largest absolute Gasteiger partial charge is 0.456 e. The van der Waals surface area contributed by atoms with Gasteiger partial charge in [0.15, 0.2) is 0 Å². The predicted molar refractivity (Wildman–Crippen MR) is 72.0 cm³/mol. The molecule has 18 heavy (non-hydrogen) atoms. The van der Waals surface area contributed by atoms with E-state index in [9.17, 15) is 10.1 Å². The van der Waals surface area contributed by atoms with Crippen LogP contribution in [0.4, 0.5) is 5.69 Å². The number of benzene rings is 2. The third kappa shape index (κ3) is 2.87. The van der Waals surface area contributed by atoms with E-state index in [0.717, 1.165) is 10.0 Å². The van der Waals surface area contributed by atoms with Gasteiger partial charge in [0.2, 0.25) is 0 Å². The Kier molecular flexibility index (Phi) is 3.62. The average Bonchev–Trinajstić information content (AvgIpc) is 2.34. The number of hydrogen-bond acceptors (Lipinski definition) is 3. The highest BCUT2D eigenvalue weighted by Gasteiger charge is 2.06. The van der Waals surface area contributed by atoms with Crippen molar-refractivity contribution in [2.75, 3.05) is 0 Å². The van der Waals surface area contributed by atoms with Crippen molar-refractivity contribution in [2.24, 2.45) is 0 Å². The summed E-state index contributed by atoms with van der Waals surface area (Å²) < 4.78 is 6.49. The van der Waals surface area contributed by atoms with E-state index < -0.39 is 4.92 Å². The van der Waals surface area contributed by atoms with Crippen molar-refractivity contribution < 1.29 is 9.66 Å². The highest BCUT2D eigenvalue weighted by molar-refractivity contribution is 9.10. The number of non-ortho nitro benzene ring substituents is 1. The minimum absolute atomic E-state index is 0.0469. The first-order valence-electron chi connectivity index (χ1n) is 5.25. The summed E-state index contributed by atoms with van der Waals surface area (Å²) in [5.74, 6) is 1.25. The van der Waals surface area contributed by atoms with Gasteiger partial charge in [-0.15, -0.1) is 0 Å². The first-order chi connectivity index (χ1) is 8.56. The maximum Gasteiger partial charge on any atom is 0.269 e. The zero-order chi connectivity index (χ0) is 13.1. The standard InChI is InChI=1S/C13H10BrNO3/c1-9-2-7-12(14)13(8-9)18-11-5-3-10(4-6-11)15(16)17/h2-8H,1H3. The molecule has 2 aromatic rings. The molecule has 5 heteroatoms. The van der Waals surface area contributed by atoms with Gasteiger partial charge in [-0.3, -0.25) is 10.1 Å². The fourth-order valence-corrected chi connectivity index (χ4v) is 1.78. The Morgan fingerprint density at radius 2 is 1.83 bits per heavy atom. The van der Waals surface area contributed by atoms with E-state index in [1.807, 2.05) is 25.1 Å². The van der Waals surface area contributed by atoms with E-state index >= 15 is 0 Å². The van der Waals surface area contributed by atoms with Gasteiger partial charge in [-0.25, -0.2) is 0 Å². The van der Waals surface area contributed by atoms with Crippen molar-refractivity contribution in [1.82, 2.24) is 0 Å². The number of ether oxygens (including phenoxy) is 1. The Balaban J connectivity index is 2.23. The lowest BCUT2D eigenvalue weighted by Gasteiger charge is -2.08. The number of nitrogens with zero attached hydrogens (tertiary/aromatic N) is 1. The third-order valence-electron chi connectivity index (χ3n) is 2.36. The van der Waals surface area contributed by atoms with Crippen molar-refractivity contribution in [3.8, 4) is 11.5 Å². The molecule has 0 aliphatic rings. The molecule has 0 fully saturated rings. The summed E-state index contributed by atoms with van der Waals surface area (Å²) in [6, 6.07) is 11.7. The zero-order valence-corrected chi connectivity index (χ0v) is 11.2. The van der Waals surface area contributed by atoms with Crippen molar-refractivity contribution in [3.05, 3.63) is 62.6 Å². The molecule has 0 amide bonds. The maximum absolute atomic E-state index is 10.5. The number of nitro benzene ring substituents is 1. The highest BCUT2D eigenvalue weighted by atomic mass is 79.9. The first-order valence-corrected chi connectivity index (χ1v) is 6.04. The summed E-state index contributed by atoms with van der Waals surface area (Å²) in [4.78, 5) is 10.1. The first kappa shape index (κ1) is 12.6. The number of halogens is 1. The summed E-state index contributed by atoms with van der Waals surface area (Å²) in [6.07, 6.45) is 0. The molecular weight excluding hydrogens is 298 g/mol. The molecule has 2 rings (SSSR count). The molecule has 0 saturated heterocycles. The Bertz CT molecular complexity index is 581. The van der Waals surface area contributed by atoms with Crippen molar-refractivity contribution in [2.45, 2.75) is 6.92 Å². The van der Waals surface area contributed by atoms with Gasteiger partial charge in [0.1, 0.15) is 11.5 Å². The minimum Gasteiger partial charge on any atom is -0.456 e. The molecule has 2 aromatic carbocycles. The van der Waals surface area contributed by atoms with Crippen LogP contribution < -0.4 is 4.74 Å². The molecule has 0 heterocycles. The molecule has 92 valence electrons. The van der Waals surface area contributed by atoms with Crippen LogP contribution in [0.3, 0.4) is 0 Å². The lowest BCUT2D eigenvalue weighted by Crippen LogP contribution is -1.89. The van der Waals surface area contributed by atoms with E-state index in [1.54, 1.807) is 12.1 Å². The quantitative estimate of drug-likeness (QED) is 0.621. The Morgan fingerprint density at radius 1 is 1.17 bits per heavy atom. The number of hydrogen-bond donors (Lipinski definition) is 0. The van der Waals surface area contributed by atoms with Crippen molar-refractivity contribution in [3.63, 3.8) is 0 Å². The van der Waals surface area contributed by atoms with Gasteiger partial charge in [0.05, 0.1) is 9.40 Å². The van der Waals surface area contributed by atoms with Gasteiger partial charge in [0, 0.05) is 12.1 Å². The summed E-state index contributed by atoms with van der Waals surface area (Å²) in [7, 11) is 0. The molecule has 0 N–H and O–H groups in total. The van der Waals surface area contributed by atoms with E-state index in [1.165, 1.54) is 12.1 Å². The molecule has 0 aromatic heterocycles.